The second-order valence-corrected chi connectivity index (χ2v) is 7.45. The third-order valence-electron chi connectivity index (χ3n) is 2.85. The van der Waals surface area contributed by atoms with Gasteiger partial charge in [0.1, 0.15) is 5.60 Å². The number of hydrogen-bond donors (Lipinski definition) is 1. The number of alkyl halides is 1. The zero-order valence-electron chi connectivity index (χ0n) is 15.4. The number of amides is 1. The van der Waals surface area contributed by atoms with E-state index in [1.165, 1.54) is 0 Å². The lowest BCUT2D eigenvalue weighted by Crippen LogP contribution is -2.32. The molecule has 0 radical (unpaired) electrons. The quantitative estimate of drug-likeness (QED) is 0.231. The van der Waals surface area contributed by atoms with Crippen LogP contribution < -0.4 is 5.32 Å². The van der Waals surface area contributed by atoms with Crippen LogP contribution in [0.4, 0.5) is 4.79 Å². The first-order chi connectivity index (χ1) is 11.5. The monoisotopic (exact) mass is 459 g/mol. The van der Waals surface area contributed by atoms with Gasteiger partial charge in [-0.1, -0.05) is 35.4 Å². The van der Waals surface area contributed by atoms with E-state index in [2.05, 4.69) is 27.9 Å². The molecule has 0 aromatic rings. The van der Waals surface area contributed by atoms with E-state index in [9.17, 15) is 4.79 Å². The van der Waals surface area contributed by atoms with Gasteiger partial charge in [0, 0.05) is 17.6 Å². The van der Waals surface area contributed by atoms with Crippen molar-refractivity contribution in [3.8, 4) is 0 Å². The summed E-state index contributed by atoms with van der Waals surface area (Å²) >= 11 is 2.28. The normalized spacial score (nSPS) is 11.5. The summed E-state index contributed by atoms with van der Waals surface area (Å²) in [5.74, 6) is 0. The fraction of sp³-hybridized carbons (Fsp3) is 0.941. The van der Waals surface area contributed by atoms with E-state index in [1.807, 2.05) is 20.8 Å². The molecule has 1 amide bonds. The van der Waals surface area contributed by atoms with E-state index >= 15 is 0 Å². The highest BCUT2D eigenvalue weighted by Crippen LogP contribution is 2.06. The number of carbonyl (C=O) groups excluding carboxylic acids is 1. The summed E-state index contributed by atoms with van der Waals surface area (Å²) in [6.07, 6.45) is 3.82. The van der Waals surface area contributed by atoms with Crippen LogP contribution in [0.15, 0.2) is 0 Å². The third-order valence-corrected chi connectivity index (χ3v) is 3.29. The molecule has 0 heterocycles. The van der Waals surface area contributed by atoms with Gasteiger partial charge in [-0.15, -0.1) is 0 Å². The maximum Gasteiger partial charge on any atom is 0.407 e. The highest BCUT2D eigenvalue weighted by molar-refractivity contribution is 14.1. The van der Waals surface area contributed by atoms with Gasteiger partial charge in [0.2, 0.25) is 0 Å². The number of alkyl carbamates (subject to hydrolysis) is 1. The summed E-state index contributed by atoms with van der Waals surface area (Å²) in [6, 6.07) is 0. The van der Waals surface area contributed by atoms with E-state index in [0.29, 0.717) is 33.0 Å². The zero-order chi connectivity index (χ0) is 18.1. The number of hydrogen-bond acceptors (Lipinski definition) is 5. The molecule has 0 aliphatic carbocycles. The van der Waals surface area contributed by atoms with Crippen molar-refractivity contribution in [3.05, 3.63) is 0 Å². The van der Waals surface area contributed by atoms with Crippen LogP contribution in [-0.4, -0.2) is 62.3 Å². The highest BCUT2D eigenvalue weighted by Gasteiger charge is 2.15. The Bertz CT molecular complexity index is 297. The van der Waals surface area contributed by atoms with Crippen LogP contribution in [0, 0.1) is 0 Å². The Morgan fingerprint density at radius 1 is 0.833 bits per heavy atom. The van der Waals surface area contributed by atoms with E-state index in [-0.39, 0.29) is 6.09 Å². The first kappa shape index (κ1) is 23.9. The summed E-state index contributed by atoms with van der Waals surface area (Å²) in [5, 5.41) is 2.76. The fourth-order valence-corrected chi connectivity index (χ4v) is 2.10. The van der Waals surface area contributed by atoms with Crippen LogP contribution in [0.5, 0.6) is 0 Å². The molecule has 0 fully saturated rings. The van der Waals surface area contributed by atoms with Gasteiger partial charge in [-0.05, 0) is 33.6 Å². The minimum absolute atomic E-state index is 0.342. The first-order valence-electron chi connectivity index (χ1n) is 8.72. The number of nitrogens with one attached hydrogen (secondary N) is 1. The molecule has 6 nitrogen and oxygen atoms in total. The maximum atomic E-state index is 11.4. The molecule has 144 valence electrons. The lowest BCUT2D eigenvalue weighted by atomic mass is 10.2. The second kappa shape index (κ2) is 16.4. The average Bonchev–Trinajstić information content (AvgIpc) is 2.49. The van der Waals surface area contributed by atoms with Gasteiger partial charge in [0.15, 0.2) is 0 Å². The molecule has 0 aliphatic rings. The Morgan fingerprint density at radius 3 is 1.96 bits per heavy atom. The largest absolute Gasteiger partial charge is 0.444 e. The molecular formula is C17H34INO5. The minimum atomic E-state index is -0.437. The van der Waals surface area contributed by atoms with Gasteiger partial charge in [-0.3, -0.25) is 0 Å². The van der Waals surface area contributed by atoms with Crippen LogP contribution in [-0.2, 0) is 18.9 Å². The molecule has 24 heavy (non-hydrogen) atoms. The van der Waals surface area contributed by atoms with Gasteiger partial charge in [0.05, 0.1) is 33.0 Å². The van der Waals surface area contributed by atoms with Gasteiger partial charge in [-0.2, -0.15) is 0 Å². The van der Waals surface area contributed by atoms with Crippen LogP contribution in [0.3, 0.4) is 0 Å². The minimum Gasteiger partial charge on any atom is -0.444 e. The standard InChI is InChI=1S/C17H34INO5/c1-17(2,3)24-16(20)19-9-6-4-5-7-10-21-12-14-23-15-13-22-11-8-18/h4-15H2,1-3H3,(H,19,20). The first-order valence-corrected chi connectivity index (χ1v) is 10.2. The van der Waals surface area contributed by atoms with Gasteiger partial charge < -0.3 is 24.3 Å². The molecular weight excluding hydrogens is 425 g/mol. The Balaban J connectivity index is 3.14. The molecule has 0 saturated carbocycles. The van der Waals surface area contributed by atoms with Crippen molar-refractivity contribution in [2.45, 2.75) is 52.1 Å². The van der Waals surface area contributed by atoms with Gasteiger partial charge >= 0.3 is 6.09 Å². The highest BCUT2D eigenvalue weighted by atomic mass is 127. The Hall–Kier alpha value is -0.120. The number of halogens is 1. The van der Waals surface area contributed by atoms with Gasteiger partial charge in [-0.25, -0.2) is 4.79 Å². The fourth-order valence-electron chi connectivity index (χ4n) is 1.78. The molecule has 1 N–H and O–H groups in total. The van der Waals surface area contributed by atoms with E-state index in [1.54, 1.807) is 0 Å². The van der Waals surface area contributed by atoms with E-state index in [4.69, 9.17) is 18.9 Å². The van der Waals surface area contributed by atoms with Crippen molar-refractivity contribution < 1.29 is 23.7 Å². The lowest BCUT2D eigenvalue weighted by Gasteiger charge is -2.19. The Kier molecular flexibility index (Phi) is 16.3. The summed E-state index contributed by atoms with van der Waals surface area (Å²) in [7, 11) is 0. The van der Waals surface area contributed by atoms with Crippen LogP contribution in [0.2, 0.25) is 0 Å². The third kappa shape index (κ3) is 19.9. The van der Waals surface area contributed by atoms with Crippen molar-refractivity contribution in [1.82, 2.24) is 5.32 Å². The predicted molar refractivity (Wildman–Crippen MR) is 104 cm³/mol. The zero-order valence-corrected chi connectivity index (χ0v) is 17.6. The summed E-state index contributed by atoms with van der Waals surface area (Å²) in [4.78, 5) is 11.4. The Labute approximate surface area is 160 Å². The topological polar surface area (TPSA) is 66.0 Å². The molecule has 0 aromatic heterocycles. The van der Waals surface area contributed by atoms with E-state index in [0.717, 1.165) is 43.3 Å². The van der Waals surface area contributed by atoms with Crippen LogP contribution in [0.25, 0.3) is 0 Å². The lowest BCUT2D eigenvalue weighted by molar-refractivity contribution is 0.0169. The molecule has 0 spiro atoms. The maximum absolute atomic E-state index is 11.4. The Morgan fingerprint density at radius 2 is 1.38 bits per heavy atom. The predicted octanol–water partition coefficient (Wildman–Crippen LogP) is 3.56. The molecule has 0 atom stereocenters. The summed E-state index contributed by atoms with van der Waals surface area (Å²) < 4.78 is 22.4. The average molecular weight is 459 g/mol. The molecule has 0 rings (SSSR count). The van der Waals surface area contributed by atoms with Crippen molar-refractivity contribution in [2.75, 3.05) is 50.6 Å². The SMILES string of the molecule is CC(C)(C)OC(=O)NCCCCCCOCCOCCOCCI. The van der Waals surface area contributed by atoms with Crippen molar-refractivity contribution >= 4 is 28.7 Å². The van der Waals surface area contributed by atoms with Crippen LogP contribution >= 0.6 is 22.6 Å². The number of rotatable bonds is 15. The molecule has 0 aliphatic heterocycles. The molecule has 7 heteroatoms. The van der Waals surface area contributed by atoms with Crippen molar-refractivity contribution in [2.24, 2.45) is 0 Å². The number of ether oxygens (including phenoxy) is 4. The number of unbranched alkanes of at least 4 members (excludes halogenated alkanes) is 3. The number of carbonyl (C=O) groups is 1. The molecule has 0 bridgehead atoms. The van der Waals surface area contributed by atoms with Gasteiger partial charge in [0.25, 0.3) is 0 Å². The van der Waals surface area contributed by atoms with E-state index < -0.39 is 5.60 Å². The molecule has 0 aromatic carbocycles. The second-order valence-electron chi connectivity index (χ2n) is 6.37. The smallest absolute Gasteiger partial charge is 0.407 e. The summed E-state index contributed by atoms with van der Waals surface area (Å²) in [5.41, 5.74) is -0.437. The molecule has 0 saturated heterocycles. The van der Waals surface area contributed by atoms with Crippen LogP contribution in [0.1, 0.15) is 46.5 Å². The molecule has 0 unspecified atom stereocenters. The summed E-state index contributed by atoms with van der Waals surface area (Å²) in [6.45, 7) is 10.3. The van der Waals surface area contributed by atoms with Crippen molar-refractivity contribution in [3.63, 3.8) is 0 Å². The van der Waals surface area contributed by atoms with Crippen molar-refractivity contribution in [1.29, 1.82) is 0 Å².